The van der Waals surface area contributed by atoms with E-state index in [1.807, 2.05) is 0 Å². The van der Waals surface area contributed by atoms with E-state index in [0.29, 0.717) is 0 Å². The number of aliphatic hydroxyl groups is 1. The lowest BCUT2D eigenvalue weighted by atomic mass is 10.2. The van der Waals surface area contributed by atoms with Gasteiger partial charge in [-0.3, -0.25) is 23.8 Å². The predicted molar refractivity (Wildman–Crippen MR) is 85.2 cm³/mol. The molecule has 3 rings (SSSR count). The number of aliphatic hydroxyl groups excluding tert-OH is 1. The molecular formula is C10H14N8O7P-. The Labute approximate surface area is 144 Å². The molecule has 15 nitrogen and oxygen atoms in total. The zero-order chi connectivity index (χ0) is 19.5. The highest BCUT2D eigenvalue weighted by Crippen LogP contribution is 2.38. The van der Waals surface area contributed by atoms with E-state index in [4.69, 9.17) is 31.3 Å². The number of phosphoric ester groups is 1. The van der Waals surface area contributed by atoms with E-state index in [-0.39, 0.29) is 23.5 Å². The van der Waals surface area contributed by atoms with Crippen molar-refractivity contribution < 1.29 is 28.7 Å². The first-order chi connectivity index (χ1) is 12.2. The van der Waals surface area contributed by atoms with Crippen molar-refractivity contribution in [3.8, 4) is 0 Å². The van der Waals surface area contributed by atoms with Crippen LogP contribution in [0.3, 0.4) is 0 Å². The molecule has 6 N–H and O–H groups in total. The zero-order valence-electron chi connectivity index (χ0n) is 12.9. The largest absolute Gasteiger partial charge is 0.469 e. The molecule has 3 heterocycles. The van der Waals surface area contributed by atoms with Crippen LogP contribution in [0.2, 0.25) is 0 Å². The topological polar surface area (TPSA) is 245 Å². The Balaban J connectivity index is 0.000000758. The van der Waals surface area contributed by atoms with E-state index in [9.17, 15) is 14.5 Å². The van der Waals surface area contributed by atoms with Gasteiger partial charge in [-0.25, -0.2) is 9.55 Å². The average molecular weight is 389 g/mol. The van der Waals surface area contributed by atoms with Gasteiger partial charge >= 0.3 is 7.82 Å². The number of aromatic amines is 1. The summed E-state index contributed by atoms with van der Waals surface area (Å²) in [6.45, 7) is -0.481. The van der Waals surface area contributed by atoms with Gasteiger partial charge < -0.3 is 36.4 Å². The average Bonchev–Trinajstić information content (AvgIpc) is 3.08. The van der Waals surface area contributed by atoms with Crippen molar-refractivity contribution in [2.45, 2.75) is 24.9 Å². The smallest absolute Gasteiger partial charge is 0.390 e. The first-order valence-corrected chi connectivity index (χ1v) is 8.43. The minimum atomic E-state index is -4.66. The molecule has 0 unspecified atom stereocenters. The molecule has 142 valence electrons. The normalized spacial score (nSPS) is 22.7. The van der Waals surface area contributed by atoms with Crippen LogP contribution in [0.15, 0.2) is 11.1 Å². The first kappa shape index (κ1) is 19.8. The fourth-order valence-electron chi connectivity index (χ4n) is 2.36. The Morgan fingerprint density at radius 3 is 2.81 bits per heavy atom. The van der Waals surface area contributed by atoms with Gasteiger partial charge in [0, 0.05) is 6.42 Å². The van der Waals surface area contributed by atoms with Gasteiger partial charge in [0.2, 0.25) is 5.95 Å². The molecule has 0 saturated carbocycles. The Hall–Kier alpha value is -2.51. The van der Waals surface area contributed by atoms with Crippen LogP contribution in [0.25, 0.3) is 27.1 Å². The van der Waals surface area contributed by atoms with Crippen molar-refractivity contribution in [2.75, 3.05) is 12.3 Å². The van der Waals surface area contributed by atoms with Crippen molar-refractivity contribution >= 4 is 24.9 Å². The highest BCUT2D eigenvalue weighted by Gasteiger charge is 2.37. The molecule has 1 aliphatic heterocycles. The maximum absolute atomic E-state index is 11.7. The third kappa shape index (κ3) is 4.56. The number of fused-ring (bicyclic) bond motifs is 1. The molecule has 0 amide bonds. The Morgan fingerprint density at radius 1 is 1.54 bits per heavy atom. The SMILES string of the molecule is Nc1nc2c(ncn2[C@H]2C[C@H](O)[C@@H](COP(=O)(O)O)O2)c(=O)[nH]1.[N-]=[N+]=[N-]. The highest BCUT2D eigenvalue weighted by atomic mass is 31.2. The quantitative estimate of drug-likeness (QED) is 0.191. The van der Waals surface area contributed by atoms with E-state index < -0.39 is 38.4 Å². The molecule has 0 aliphatic carbocycles. The van der Waals surface area contributed by atoms with Crippen molar-refractivity contribution in [3.63, 3.8) is 0 Å². The molecule has 0 bridgehead atoms. The number of imidazole rings is 1. The lowest BCUT2D eigenvalue weighted by Gasteiger charge is -2.16. The van der Waals surface area contributed by atoms with E-state index in [2.05, 4.69) is 19.5 Å². The molecule has 1 saturated heterocycles. The van der Waals surface area contributed by atoms with Gasteiger partial charge in [-0.2, -0.15) is 4.98 Å². The summed E-state index contributed by atoms with van der Waals surface area (Å²) in [7, 11) is -4.66. The molecule has 1 aliphatic rings. The van der Waals surface area contributed by atoms with Crippen LogP contribution in [0.1, 0.15) is 12.6 Å². The van der Waals surface area contributed by atoms with Gasteiger partial charge in [-0.05, 0) is 0 Å². The van der Waals surface area contributed by atoms with Crippen LogP contribution in [-0.4, -0.2) is 53.2 Å². The second kappa shape index (κ2) is 7.80. The van der Waals surface area contributed by atoms with Crippen LogP contribution in [0, 0.1) is 0 Å². The van der Waals surface area contributed by atoms with Gasteiger partial charge in [0.15, 0.2) is 11.2 Å². The van der Waals surface area contributed by atoms with Crippen molar-refractivity contribution in [1.82, 2.24) is 19.5 Å². The summed E-state index contributed by atoms with van der Waals surface area (Å²) in [5, 5.41) is 9.93. The number of rotatable bonds is 4. The van der Waals surface area contributed by atoms with Gasteiger partial charge in [0.25, 0.3) is 5.56 Å². The van der Waals surface area contributed by atoms with Crippen molar-refractivity contribution in [2.24, 2.45) is 0 Å². The van der Waals surface area contributed by atoms with Crippen LogP contribution in [-0.2, 0) is 13.8 Å². The number of nitrogens with two attached hydrogens (primary N) is 1. The fraction of sp³-hybridized carbons (Fsp3) is 0.500. The van der Waals surface area contributed by atoms with Crippen molar-refractivity contribution in [3.05, 3.63) is 32.7 Å². The maximum atomic E-state index is 11.7. The zero-order valence-corrected chi connectivity index (χ0v) is 13.8. The summed E-state index contributed by atoms with van der Waals surface area (Å²) in [5.41, 5.74) is 18.7. The molecule has 0 aromatic carbocycles. The number of aromatic nitrogens is 4. The molecular weight excluding hydrogens is 375 g/mol. The Morgan fingerprint density at radius 2 is 2.19 bits per heavy atom. The lowest BCUT2D eigenvalue weighted by Crippen LogP contribution is -2.25. The molecule has 2 aromatic rings. The summed E-state index contributed by atoms with van der Waals surface area (Å²) in [5.74, 6) is -0.0934. The van der Waals surface area contributed by atoms with E-state index in [1.165, 1.54) is 15.8 Å². The summed E-state index contributed by atoms with van der Waals surface area (Å²) in [6.07, 6.45) is -1.26. The van der Waals surface area contributed by atoms with E-state index in [0.717, 1.165) is 0 Å². The summed E-state index contributed by atoms with van der Waals surface area (Å²) in [6, 6.07) is 0. The number of anilines is 1. The Bertz CT molecular complexity index is 916. The van der Waals surface area contributed by atoms with Crippen LogP contribution >= 0.6 is 7.82 Å². The number of H-pyrrole nitrogens is 1. The monoisotopic (exact) mass is 389 g/mol. The van der Waals surface area contributed by atoms with Crippen LogP contribution < -0.4 is 11.3 Å². The maximum Gasteiger partial charge on any atom is 0.469 e. The fourth-order valence-corrected chi connectivity index (χ4v) is 2.70. The number of ether oxygens (including phenoxy) is 1. The minimum absolute atomic E-state index is 0.0622. The Kier molecular flexibility index (Phi) is 5.94. The summed E-state index contributed by atoms with van der Waals surface area (Å²) >= 11 is 0. The minimum Gasteiger partial charge on any atom is -0.390 e. The molecule has 26 heavy (non-hydrogen) atoms. The molecule has 0 radical (unpaired) electrons. The summed E-state index contributed by atoms with van der Waals surface area (Å²) < 4.78 is 22.0. The van der Waals surface area contributed by atoms with Crippen LogP contribution in [0.4, 0.5) is 5.95 Å². The molecule has 3 atom stereocenters. The van der Waals surface area contributed by atoms with Gasteiger partial charge in [0.05, 0.1) is 19.0 Å². The van der Waals surface area contributed by atoms with Gasteiger partial charge in [-0.15, -0.1) is 0 Å². The molecule has 1 fully saturated rings. The number of nitrogen functional groups attached to an aromatic ring is 1. The molecule has 0 spiro atoms. The number of nitrogens with zero attached hydrogens (tertiary/aromatic N) is 6. The number of nitrogens with one attached hydrogen (secondary N) is 1. The van der Waals surface area contributed by atoms with E-state index in [1.54, 1.807) is 0 Å². The number of phosphoric acid groups is 1. The van der Waals surface area contributed by atoms with Gasteiger partial charge in [0.1, 0.15) is 12.3 Å². The second-order valence-electron chi connectivity index (χ2n) is 5.08. The second-order valence-corrected chi connectivity index (χ2v) is 6.32. The summed E-state index contributed by atoms with van der Waals surface area (Å²) in [4.78, 5) is 40.8. The third-order valence-electron chi connectivity index (χ3n) is 3.37. The predicted octanol–water partition coefficient (Wildman–Crippen LogP) is -0.674. The molecule has 2 aromatic heterocycles. The lowest BCUT2D eigenvalue weighted by molar-refractivity contribution is -0.0424. The van der Waals surface area contributed by atoms with Crippen LogP contribution in [0.5, 0.6) is 0 Å². The molecule has 16 heteroatoms. The van der Waals surface area contributed by atoms with Gasteiger partial charge in [-0.1, -0.05) is 0 Å². The first-order valence-electron chi connectivity index (χ1n) is 6.90. The standard InChI is InChI=1S/C10H14N5O7P.N3/c11-10-13-8-7(9(17)14-10)12-3-15(8)6-1-4(16)5(22-6)2-21-23(18,19)20;1-3-2/h3-6,16H,1-2H2,(H2,18,19,20)(H3,11,13,14,17);/q;-1/t4-,5+,6+;/m0./s1. The third-order valence-corrected chi connectivity index (χ3v) is 3.86. The van der Waals surface area contributed by atoms with E-state index >= 15 is 0 Å². The van der Waals surface area contributed by atoms with Crippen molar-refractivity contribution in [1.29, 1.82) is 0 Å². The number of hydrogen-bond acceptors (Lipinski definition) is 8. The highest BCUT2D eigenvalue weighted by molar-refractivity contribution is 7.46. The number of hydrogen-bond donors (Lipinski definition) is 5.